The lowest BCUT2D eigenvalue weighted by Gasteiger charge is -2.10. The Morgan fingerprint density at radius 2 is 1.74 bits per heavy atom. The highest BCUT2D eigenvalue weighted by molar-refractivity contribution is 6.30. The summed E-state index contributed by atoms with van der Waals surface area (Å²) >= 11 is 5.83. The van der Waals surface area contributed by atoms with Gasteiger partial charge in [-0.3, -0.25) is 4.79 Å². The number of aromatic nitrogens is 2. The van der Waals surface area contributed by atoms with Gasteiger partial charge < -0.3 is 10.6 Å². The van der Waals surface area contributed by atoms with Gasteiger partial charge in [-0.15, -0.1) is 0 Å². The van der Waals surface area contributed by atoms with Crippen LogP contribution in [0.15, 0.2) is 48.5 Å². The van der Waals surface area contributed by atoms with E-state index >= 15 is 0 Å². The maximum Gasteiger partial charge on any atom is 0.270 e. The van der Waals surface area contributed by atoms with Crippen LogP contribution in [0.25, 0.3) is 0 Å². The molecular weight excluding hydrogens is 374 g/mol. The number of benzene rings is 2. The molecule has 0 saturated heterocycles. The number of aryl methyl sites for hydroxylation is 1. The van der Waals surface area contributed by atoms with Crippen molar-refractivity contribution in [3.8, 4) is 0 Å². The summed E-state index contributed by atoms with van der Waals surface area (Å²) in [6, 6.07) is 11.9. The van der Waals surface area contributed by atoms with E-state index in [9.17, 15) is 13.6 Å². The van der Waals surface area contributed by atoms with Crippen molar-refractivity contribution in [3.05, 3.63) is 82.3 Å². The molecule has 0 aliphatic heterocycles. The smallest absolute Gasteiger partial charge is 0.270 e. The summed E-state index contributed by atoms with van der Waals surface area (Å²) in [6.45, 7) is 1.86. The second-order valence-corrected chi connectivity index (χ2v) is 6.15. The van der Waals surface area contributed by atoms with Crippen LogP contribution < -0.4 is 10.6 Å². The quantitative estimate of drug-likeness (QED) is 0.680. The molecule has 0 bridgehead atoms. The predicted molar refractivity (Wildman–Crippen MR) is 99.0 cm³/mol. The van der Waals surface area contributed by atoms with Gasteiger partial charge in [0.25, 0.3) is 5.91 Å². The van der Waals surface area contributed by atoms with Crippen LogP contribution >= 0.6 is 11.6 Å². The lowest BCUT2D eigenvalue weighted by Crippen LogP contribution is -2.24. The summed E-state index contributed by atoms with van der Waals surface area (Å²) in [7, 11) is 0. The number of carbonyl (C=O) groups is 1. The summed E-state index contributed by atoms with van der Waals surface area (Å²) in [5, 5.41) is 5.89. The number of anilines is 2. The third kappa shape index (κ3) is 4.77. The highest BCUT2D eigenvalue weighted by Crippen LogP contribution is 2.22. The number of hydrogen-bond acceptors (Lipinski definition) is 4. The first-order valence-electron chi connectivity index (χ1n) is 8.02. The number of amides is 1. The van der Waals surface area contributed by atoms with E-state index in [0.717, 1.165) is 17.7 Å². The molecule has 3 aromatic rings. The van der Waals surface area contributed by atoms with Gasteiger partial charge in [0.15, 0.2) is 0 Å². The minimum Gasteiger partial charge on any atom is -0.347 e. The van der Waals surface area contributed by atoms with Crippen molar-refractivity contribution in [2.24, 2.45) is 0 Å². The molecule has 0 atom stereocenters. The van der Waals surface area contributed by atoms with Crippen molar-refractivity contribution in [2.45, 2.75) is 13.5 Å². The monoisotopic (exact) mass is 388 g/mol. The molecule has 0 spiro atoms. The fraction of sp³-hybridized carbons (Fsp3) is 0.105. The molecule has 5 nitrogen and oxygen atoms in total. The third-order valence-corrected chi connectivity index (χ3v) is 3.90. The minimum absolute atomic E-state index is 0.0794. The normalized spacial score (nSPS) is 10.5. The number of hydrogen-bond donors (Lipinski definition) is 2. The Hall–Kier alpha value is -3.06. The van der Waals surface area contributed by atoms with E-state index in [2.05, 4.69) is 20.6 Å². The molecule has 8 heteroatoms. The number of halogens is 3. The van der Waals surface area contributed by atoms with Crippen LogP contribution in [0.4, 0.5) is 20.3 Å². The minimum atomic E-state index is -0.764. The first-order chi connectivity index (χ1) is 12.9. The highest BCUT2D eigenvalue weighted by atomic mass is 35.5. The Labute approximate surface area is 159 Å². The summed E-state index contributed by atoms with van der Waals surface area (Å²) in [4.78, 5) is 20.5. The van der Waals surface area contributed by atoms with E-state index < -0.39 is 17.5 Å². The van der Waals surface area contributed by atoms with Crippen LogP contribution in [0.3, 0.4) is 0 Å². The second kappa shape index (κ2) is 8.09. The Balaban J connectivity index is 1.76. The molecule has 27 heavy (non-hydrogen) atoms. The molecule has 0 aliphatic carbocycles. The van der Waals surface area contributed by atoms with Crippen LogP contribution in [0, 0.1) is 18.6 Å². The van der Waals surface area contributed by atoms with Crippen molar-refractivity contribution in [1.29, 1.82) is 0 Å². The van der Waals surface area contributed by atoms with Gasteiger partial charge >= 0.3 is 0 Å². The molecule has 2 aromatic carbocycles. The standard InChI is InChI=1S/C19H15ClF2N4O/c1-11-24-16(19(27)23-10-12-5-7-13(20)8-6-12)9-17(25-11)26-18-14(21)3-2-4-15(18)22/h2-9H,10H2,1H3,(H,23,27)(H,24,25,26). The number of rotatable bonds is 5. The molecule has 1 aromatic heterocycles. The van der Waals surface area contributed by atoms with E-state index in [-0.39, 0.29) is 29.6 Å². The Kier molecular flexibility index (Phi) is 5.61. The summed E-state index contributed by atoms with van der Waals surface area (Å²) in [5.41, 5.74) is 0.601. The van der Waals surface area contributed by atoms with E-state index in [0.29, 0.717) is 5.02 Å². The third-order valence-electron chi connectivity index (χ3n) is 3.65. The van der Waals surface area contributed by atoms with Gasteiger partial charge in [-0.1, -0.05) is 29.8 Å². The van der Waals surface area contributed by atoms with Crippen molar-refractivity contribution in [3.63, 3.8) is 0 Å². The van der Waals surface area contributed by atoms with Gasteiger partial charge in [0, 0.05) is 17.6 Å². The lowest BCUT2D eigenvalue weighted by atomic mass is 10.2. The second-order valence-electron chi connectivity index (χ2n) is 5.72. The fourth-order valence-corrected chi connectivity index (χ4v) is 2.49. The molecule has 0 radical (unpaired) electrons. The van der Waals surface area contributed by atoms with E-state index in [1.165, 1.54) is 12.1 Å². The van der Waals surface area contributed by atoms with Crippen LogP contribution in [0.1, 0.15) is 21.9 Å². The Morgan fingerprint density at radius 1 is 1.07 bits per heavy atom. The first-order valence-corrected chi connectivity index (χ1v) is 8.39. The zero-order valence-corrected chi connectivity index (χ0v) is 15.0. The molecule has 3 rings (SSSR count). The summed E-state index contributed by atoms with van der Waals surface area (Å²) < 4.78 is 27.6. The largest absolute Gasteiger partial charge is 0.347 e. The summed E-state index contributed by atoms with van der Waals surface area (Å²) in [5.74, 6) is -1.57. The Bertz CT molecular complexity index is 960. The van der Waals surface area contributed by atoms with Gasteiger partial charge in [0.2, 0.25) is 0 Å². The summed E-state index contributed by atoms with van der Waals surface area (Å²) in [6.07, 6.45) is 0. The van der Waals surface area contributed by atoms with Gasteiger partial charge in [-0.05, 0) is 36.8 Å². The zero-order chi connectivity index (χ0) is 19.4. The van der Waals surface area contributed by atoms with Crippen molar-refractivity contribution in [2.75, 3.05) is 5.32 Å². The maximum absolute atomic E-state index is 13.8. The maximum atomic E-state index is 13.8. The zero-order valence-electron chi connectivity index (χ0n) is 14.3. The molecule has 2 N–H and O–H groups in total. The molecular formula is C19H15ClF2N4O. The van der Waals surface area contributed by atoms with E-state index in [4.69, 9.17) is 11.6 Å². The highest BCUT2D eigenvalue weighted by Gasteiger charge is 2.13. The average Bonchev–Trinajstić information content (AvgIpc) is 2.64. The SMILES string of the molecule is Cc1nc(Nc2c(F)cccc2F)cc(C(=O)NCc2ccc(Cl)cc2)n1. The first kappa shape index (κ1) is 18.7. The van der Waals surface area contributed by atoms with E-state index in [1.54, 1.807) is 31.2 Å². The van der Waals surface area contributed by atoms with Gasteiger partial charge in [0.1, 0.15) is 34.7 Å². The number of carbonyl (C=O) groups excluding carboxylic acids is 1. The molecule has 0 aliphatic rings. The molecule has 138 valence electrons. The molecule has 0 saturated carbocycles. The number of nitrogens with one attached hydrogen (secondary N) is 2. The molecule has 1 heterocycles. The molecule has 0 fully saturated rings. The van der Waals surface area contributed by atoms with Gasteiger partial charge in [-0.2, -0.15) is 0 Å². The van der Waals surface area contributed by atoms with Crippen LogP contribution in [-0.4, -0.2) is 15.9 Å². The lowest BCUT2D eigenvalue weighted by molar-refractivity contribution is 0.0945. The van der Waals surface area contributed by atoms with Crippen molar-refractivity contribution in [1.82, 2.24) is 15.3 Å². The Morgan fingerprint density at radius 3 is 2.41 bits per heavy atom. The fourth-order valence-electron chi connectivity index (χ4n) is 2.37. The molecule has 0 unspecified atom stereocenters. The van der Waals surface area contributed by atoms with Crippen molar-refractivity contribution >= 4 is 29.0 Å². The van der Waals surface area contributed by atoms with Crippen LogP contribution in [0.2, 0.25) is 5.02 Å². The topological polar surface area (TPSA) is 66.9 Å². The van der Waals surface area contributed by atoms with Crippen LogP contribution in [-0.2, 0) is 6.54 Å². The van der Waals surface area contributed by atoms with E-state index in [1.807, 2.05) is 0 Å². The number of nitrogens with zero attached hydrogens (tertiary/aromatic N) is 2. The van der Waals surface area contributed by atoms with Gasteiger partial charge in [-0.25, -0.2) is 18.7 Å². The van der Waals surface area contributed by atoms with Crippen molar-refractivity contribution < 1.29 is 13.6 Å². The van der Waals surface area contributed by atoms with Crippen LogP contribution in [0.5, 0.6) is 0 Å². The molecule has 1 amide bonds. The number of para-hydroxylation sites is 1. The predicted octanol–water partition coefficient (Wildman–Crippen LogP) is 4.39. The van der Waals surface area contributed by atoms with Gasteiger partial charge in [0.05, 0.1) is 0 Å². The average molecular weight is 389 g/mol.